The standard InChI is InChI=1S/C14H20.C13H18O/c1-3-4-7-12-10-11(2)13-8-5-6-9-14(12)13;1-2-3-6-10-9-13(14)12-8-5-4-7-11(10)12/h7H,2-6,8-10H2,1H3;6,8,11H,2-5,7,9H2,1H3/b12-7+;10-6+. The minimum Gasteiger partial charge on any atom is -0.294 e. The van der Waals surface area contributed by atoms with Crippen molar-refractivity contribution in [1.29, 1.82) is 0 Å². The van der Waals surface area contributed by atoms with E-state index in [-0.39, 0.29) is 0 Å². The monoisotopic (exact) mass is 378 g/mol. The van der Waals surface area contributed by atoms with E-state index >= 15 is 0 Å². The molecule has 0 heterocycles. The predicted octanol–water partition coefficient (Wildman–Crippen LogP) is 7.96. The van der Waals surface area contributed by atoms with Gasteiger partial charge in [-0.2, -0.15) is 0 Å². The molecule has 1 saturated carbocycles. The summed E-state index contributed by atoms with van der Waals surface area (Å²) >= 11 is 0. The van der Waals surface area contributed by atoms with Crippen molar-refractivity contribution in [3.05, 3.63) is 58.2 Å². The highest BCUT2D eigenvalue weighted by atomic mass is 16.1. The molecule has 28 heavy (non-hydrogen) atoms. The summed E-state index contributed by atoms with van der Waals surface area (Å²) in [7, 11) is 0. The third-order valence-corrected chi connectivity index (χ3v) is 6.63. The van der Waals surface area contributed by atoms with Crippen molar-refractivity contribution in [3.8, 4) is 0 Å². The summed E-state index contributed by atoms with van der Waals surface area (Å²) < 4.78 is 0. The zero-order chi connectivity index (χ0) is 19.9. The minimum atomic E-state index is 0.386. The zero-order valence-corrected chi connectivity index (χ0v) is 18.1. The summed E-state index contributed by atoms with van der Waals surface area (Å²) in [5.74, 6) is 0.889. The molecule has 1 unspecified atom stereocenters. The molecule has 1 fully saturated rings. The van der Waals surface area contributed by atoms with E-state index in [9.17, 15) is 4.79 Å². The fourth-order valence-electron chi connectivity index (χ4n) is 5.13. The fourth-order valence-corrected chi connectivity index (χ4v) is 5.13. The van der Waals surface area contributed by atoms with Gasteiger partial charge in [-0.1, -0.05) is 57.1 Å². The van der Waals surface area contributed by atoms with E-state index in [0.29, 0.717) is 18.1 Å². The Morgan fingerprint density at radius 2 is 1.71 bits per heavy atom. The van der Waals surface area contributed by atoms with Gasteiger partial charge in [0.05, 0.1) is 0 Å². The lowest BCUT2D eigenvalue weighted by atomic mass is 9.87. The summed E-state index contributed by atoms with van der Waals surface area (Å²) in [4.78, 5) is 11.7. The van der Waals surface area contributed by atoms with Gasteiger partial charge in [0.2, 0.25) is 0 Å². The second-order valence-corrected chi connectivity index (χ2v) is 8.77. The van der Waals surface area contributed by atoms with E-state index in [1.165, 1.54) is 68.9 Å². The van der Waals surface area contributed by atoms with Crippen LogP contribution in [0, 0.1) is 5.92 Å². The van der Waals surface area contributed by atoms with Crippen LogP contribution in [-0.4, -0.2) is 5.78 Å². The van der Waals surface area contributed by atoms with Gasteiger partial charge in [-0.05, 0) is 92.1 Å². The molecule has 0 bridgehead atoms. The number of Topliss-reactive ketones (excluding diaryl/α,β-unsaturated/α-hetero) is 1. The van der Waals surface area contributed by atoms with Crippen LogP contribution in [0.3, 0.4) is 0 Å². The molecule has 152 valence electrons. The Bertz CT molecular complexity index is 723. The van der Waals surface area contributed by atoms with Gasteiger partial charge in [0.15, 0.2) is 5.78 Å². The molecule has 0 aromatic carbocycles. The van der Waals surface area contributed by atoms with E-state index in [1.807, 2.05) is 0 Å². The van der Waals surface area contributed by atoms with Gasteiger partial charge in [0.1, 0.15) is 0 Å². The van der Waals surface area contributed by atoms with Crippen molar-refractivity contribution < 1.29 is 4.79 Å². The molecule has 0 spiro atoms. The van der Waals surface area contributed by atoms with Gasteiger partial charge in [-0.25, -0.2) is 0 Å². The second-order valence-electron chi connectivity index (χ2n) is 8.77. The molecule has 0 aromatic heterocycles. The fraction of sp³-hybridized carbons (Fsp3) is 0.593. The molecule has 4 aliphatic rings. The molecule has 4 rings (SSSR count). The molecule has 0 saturated heterocycles. The van der Waals surface area contributed by atoms with E-state index in [4.69, 9.17) is 0 Å². The van der Waals surface area contributed by atoms with Crippen molar-refractivity contribution in [2.75, 3.05) is 0 Å². The molecule has 1 atom stereocenters. The Labute approximate surface area is 172 Å². The van der Waals surface area contributed by atoms with Gasteiger partial charge >= 0.3 is 0 Å². The van der Waals surface area contributed by atoms with E-state index in [2.05, 4.69) is 38.7 Å². The second kappa shape index (κ2) is 10.2. The van der Waals surface area contributed by atoms with Gasteiger partial charge in [-0.3, -0.25) is 4.79 Å². The topological polar surface area (TPSA) is 17.1 Å². The van der Waals surface area contributed by atoms with Crippen LogP contribution in [0.1, 0.15) is 97.3 Å². The number of fused-ring (bicyclic) bond motifs is 1. The molecule has 0 aromatic rings. The van der Waals surface area contributed by atoms with Crippen LogP contribution in [0.5, 0.6) is 0 Å². The normalized spacial score (nSPS) is 26.9. The van der Waals surface area contributed by atoms with Crippen LogP contribution < -0.4 is 0 Å². The maximum absolute atomic E-state index is 11.7. The summed E-state index contributed by atoms with van der Waals surface area (Å²) in [6.07, 6.45) is 22.5. The van der Waals surface area contributed by atoms with Crippen LogP contribution in [0.15, 0.2) is 58.2 Å². The summed E-state index contributed by atoms with van der Waals surface area (Å²) in [6.45, 7) is 8.63. The molecule has 0 aliphatic heterocycles. The molecule has 4 aliphatic carbocycles. The first-order valence-electron chi connectivity index (χ1n) is 11.7. The smallest absolute Gasteiger partial charge is 0.163 e. The van der Waals surface area contributed by atoms with E-state index in [0.717, 1.165) is 24.8 Å². The maximum Gasteiger partial charge on any atom is 0.163 e. The molecule has 0 radical (unpaired) electrons. The minimum absolute atomic E-state index is 0.386. The van der Waals surface area contributed by atoms with Gasteiger partial charge in [-0.15, -0.1) is 0 Å². The molecular weight excluding hydrogens is 340 g/mol. The van der Waals surface area contributed by atoms with Crippen molar-refractivity contribution in [1.82, 2.24) is 0 Å². The highest BCUT2D eigenvalue weighted by molar-refractivity contribution is 6.01. The third-order valence-electron chi connectivity index (χ3n) is 6.63. The SMILES string of the molecule is C=C1C/C(=C\CCC)C2=C1CCCC2.CCC/C=C1\CC(=O)C2=CCCCC21. The quantitative estimate of drug-likeness (QED) is 0.453. The first-order chi connectivity index (χ1) is 13.7. The Morgan fingerprint density at radius 3 is 2.46 bits per heavy atom. The number of rotatable bonds is 4. The molecular formula is C27H38O. The first-order valence-corrected chi connectivity index (χ1v) is 11.7. The lowest BCUT2D eigenvalue weighted by Gasteiger charge is -2.17. The maximum atomic E-state index is 11.7. The van der Waals surface area contributed by atoms with Crippen molar-refractivity contribution in [2.45, 2.75) is 97.3 Å². The van der Waals surface area contributed by atoms with Crippen molar-refractivity contribution >= 4 is 5.78 Å². The first kappa shape index (κ1) is 21.1. The van der Waals surface area contributed by atoms with Crippen LogP contribution in [-0.2, 0) is 4.79 Å². The molecule has 1 heteroatoms. The Balaban J connectivity index is 0.000000161. The average Bonchev–Trinajstić information content (AvgIpc) is 3.23. The Morgan fingerprint density at radius 1 is 1.00 bits per heavy atom. The largest absolute Gasteiger partial charge is 0.294 e. The molecule has 0 amide bonds. The molecule has 1 nitrogen and oxygen atoms in total. The zero-order valence-electron chi connectivity index (χ0n) is 18.1. The number of carbonyl (C=O) groups excluding carboxylic acids is 1. The number of ketones is 1. The Hall–Kier alpha value is -1.63. The van der Waals surface area contributed by atoms with Crippen LogP contribution >= 0.6 is 0 Å². The van der Waals surface area contributed by atoms with Gasteiger partial charge in [0, 0.05) is 12.3 Å². The van der Waals surface area contributed by atoms with Crippen LogP contribution in [0.2, 0.25) is 0 Å². The lowest BCUT2D eigenvalue weighted by Crippen LogP contribution is -2.06. The summed E-state index contributed by atoms with van der Waals surface area (Å²) in [5.41, 5.74) is 8.81. The highest BCUT2D eigenvalue weighted by Gasteiger charge is 2.33. The average molecular weight is 379 g/mol. The Kier molecular flexibility index (Phi) is 7.71. The lowest BCUT2D eigenvalue weighted by molar-refractivity contribution is -0.114. The van der Waals surface area contributed by atoms with E-state index in [1.54, 1.807) is 16.7 Å². The third kappa shape index (κ3) is 4.85. The van der Waals surface area contributed by atoms with Crippen LogP contribution in [0.25, 0.3) is 0 Å². The number of carbonyl (C=O) groups is 1. The number of unbranched alkanes of at least 4 members (excludes halogenated alkanes) is 2. The number of hydrogen-bond donors (Lipinski definition) is 0. The van der Waals surface area contributed by atoms with Gasteiger partial charge in [0.25, 0.3) is 0 Å². The van der Waals surface area contributed by atoms with Crippen molar-refractivity contribution in [3.63, 3.8) is 0 Å². The highest BCUT2D eigenvalue weighted by Crippen LogP contribution is 2.43. The van der Waals surface area contributed by atoms with Gasteiger partial charge < -0.3 is 0 Å². The summed E-state index contributed by atoms with van der Waals surface area (Å²) in [6, 6.07) is 0. The van der Waals surface area contributed by atoms with Crippen LogP contribution in [0.4, 0.5) is 0 Å². The van der Waals surface area contributed by atoms with E-state index < -0.39 is 0 Å². The van der Waals surface area contributed by atoms with Crippen molar-refractivity contribution in [2.24, 2.45) is 5.92 Å². The summed E-state index contributed by atoms with van der Waals surface area (Å²) in [5, 5.41) is 0. The number of hydrogen-bond acceptors (Lipinski definition) is 1. The number of allylic oxidation sites excluding steroid dienone is 9. The predicted molar refractivity (Wildman–Crippen MR) is 120 cm³/mol. The molecule has 0 N–H and O–H groups in total.